The third-order valence-electron chi connectivity index (χ3n) is 6.41. The number of carbonyl (C=O) groups is 2. The van der Waals surface area contributed by atoms with Crippen molar-refractivity contribution in [2.45, 2.75) is 24.4 Å². The molecule has 4 unspecified atom stereocenters. The highest BCUT2D eigenvalue weighted by Gasteiger charge is 2.31. The van der Waals surface area contributed by atoms with Crippen molar-refractivity contribution in [3.8, 4) is 34.1 Å². The Hall–Kier alpha value is -2.85. The molecule has 4 atom stereocenters. The van der Waals surface area contributed by atoms with Gasteiger partial charge in [-0.05, 0) is 24.3 Å². The van der Waals surface area contributed by atoms with E-state index in [0.29, 0.717) is 54.8 Å². The van der Waals surface area contributed by atoms with Gasteiger partial charge in [-0.1, -0.05) is 0 Å². The van der Waals surface area contributed by atoms with Gasteiger partial charge in [0.1, 0.15) is 50.8 Å². The van der Waals surface area contributed by atoms with Gasteiger partial charge in [0.25, 0.3) is 0 Å². The van der Waals surface area contributed by atoms with Gasteiger partial charge in [0, 0.05) is 11.1 Å². The standard InChI is InChI=1S/C27H27IO12/c1-31-22-4-14(26(29)38-12-18-8-34-18)2-20(24(22)36-10-16-6-32-16)21-3-15(27(30)39-13-19-9-35-19)5-23(40-28)25(21)37-11-17-7-33-17/h2-5,16-19H,6-13H2,1H3. The van der Waals surface area contributed by atoms with E-state index in [1.165, 1.54) is 7.11 Å². The predicted molar refractivity (Wildman–Crippen MR) is 144 cm³/mol. The Morgan fingerprint density at radius 2 is 1.10 bits per heavy atom. The lowest BCUT2D eigenvalue weighted by Gasteiger charge is -2.20. The van der Waals surface area contributed by atoms with Crippen LogP contribution < -0.4 is 17.3 Å². The van der Waals surface area contributed by atoms with Crippen molar-refractivity contribution in [2.24, 2.45) is 0 Å². The van der Waals surface area contributed by atoms with E-state index in [2.05, 4.69) is 0 Å². The van der Waals surface area contributed by atoms with Crippen LogP contribution in [0, 0.1) is 0 Å². The third-order valence-corrected chi connectivity index (χ3v) is 6.89. The summed E-state index contributed by atoms with van der Waals surface area (Å²) >= 11 is 1.72. The molecular weight excluding hydrogens is 643 g/mol. The number of hydrogen-bond acceptors (Lipinski definition) is 12. The Morgan fingerprint density at radius 1 is 0.700 bits per heavy atom. The summed E-state index contributed by atoms with van der Waals surface area (Å²) in [6.07, 6.45) is -0.297. The van der Waals surface area contributed by atoms with Crippen LogP contribution in [0.2, 0.25) is 0 Å². The molecule has 2 aromatic rings. The van der Waals surface area contributed by atoms with Gasteiger partial charge in [0.2, 0.25) is 0 Å². The van der Waals surface area contributed by atoms with Crippen LogP contribution in [-0.2, 0) is 28.4 Å². The van der Waals surface area contributed by atoms with Crippen molar-refractivity contribution in [3.05, 3.63) is 35.4 Å². The normalized spacial score (nSPS) is 23.6. The van der Waals surface area contributed by atoms with E-state index in [4.69, 9.17) is 45.7 Å². The Morgan fingerprint density at radius 3 is 1.50 bits per heavy atom. The molecule has 0 radical (unpaired) electrons. The molecule has 0 bridgehead atoms. The molecule has 214 valence electrons. The topological polar surface area (TPSA) is 140 Å². The summed E-state index contributed by atoms with van der Waals surface area (Å²) < 4.78 is 55.4. The van der Waals surface area contributed by atoms with E-state index in [9.17, 15) is 9.59 Å². The summed E-state index contributed by atoms with van der Waals surface area (Å²) in [5, 5.41) is 0. The molecule has 0 aliphatic carbocycles. The molecule has 0 saturated carbocycles. The number of carbonyl (C=O) groups excluding carboxylic acids is 2. The van der Waals surface area contributed by atoms with Crippen molar-refractivity contribution in [1.82, 2.24) is 0 Å². The van der Waals surface area contributed by atoms with E-state index >= 15 is 0 Å². The predicted octanol–water partition coefficient (Wildman–Crippen LogP) is 2.76. The average molecular weight is 670 g/mol. The summed E-state index contributed by atoms with van der Waals surface area (Å²) in [4.78, 5) is 26.0. The lowest BCUT2D eigenvalue weighted by atomic mass is 9.97. The van der Waals surface area contributed by atoms with Crippen molar-refractivity contribution in [3.63, 3.8) is 0 Å². The maximum atomic E-state index is 13.0. The number of epoxide rings is 4. The molecule has 40 heavy (non-hydrogen) atoms. The Kier molecular flexibility index (Phi) is 8.16. The first-order valence-corrected chi connectivity index (χ1v) is 13.7. The number of benzene rings is 2. The maximum absolute atomic E-state index is 13.0. The Bertz CT molecular complexity index is 1170. The molecule has 4 aliphatic rings. The second-order valence-corrected chi connectivity index (χ2v) is 10.1. The van der Waals surface area contributed by atoms with E-state index in [0.717, 1.165) is 0 Å². The quantitative estimate of drug-likeness (QED) is 0.156. The highest BCUT2D eigenvalue weighted by Crippen LogP contribution is 2.48. The van der Waals surface area contributed by atoms with Crippen LogP contribution in [0.15, 0.2) is 24.3 Å². The number of ether oxygens (including phenoxy) is 9. The minimum atomic E-state index is -0.565. The fraction of sp³-hybridized carbons (Fsp3) is 0.481. The number of hydrogen-bond donors (Lipinski definition) is 0. The highest BCUT2D eigenvalue weighted by molar-refractivity contribution is 14.1. The third kappa shape index (κ3) is 6.89. The smallest absolute Gasteiger partial charge is 0.338 e. The molecule has 4 aliphatic heterocycles. The maximum Gasteiger partial charge on any atom is 0.338 e. The zero-order valence-electron chi connectivity index (χ0n) is 21.6. The van der Waals surface area contributed by atoms with Gasteiger partial charge in [0.05, 0.1) is 44.7 Å². The number of halogens is 1. The van der Waals surface area contributed by atoms with Gasteiger partial charge in [-0.15, -0.1) is 0 Å². The molecule has 4 heterocycles. The number of methoxy groups -OCH3 is 1. The molecule has 13 heteroatoms. The van der Waals surface area contributed by atoms with Gasteiger partial charge in [-0.3, -0.25) is 0 Å². The van der Waals surface area contributed by atoms with Crippen LogP contribution in [0.3, 0.4) is 0 Å². The second-order valence-electron chi connectivity index (χ2n) is 9.62. The van der Waals surface area contributed by atoms with Gasteiger partial charge in [-0.25, -0.2) is 9.59 Å². The van der Waals surface area contributed by atoms with Crippen molar-refractivity contribution >= 4 is 34.9 Å². The molecule has 0 N–H and O–H groups in total. The molecule has 4 fully saturated rings. The van der Waals surface area contributed by atoms with Crippen LogP contribution in [-0.4, -0.2) is 96.3 Å². The summed E-state index contributed by atoms with van der Waals surface area (Å²) in [6.45, 7) is 3.07. The first kappa shape index (κ1) is 27.3. The molecule has 12 nitrogen and oxygen atoms in total. The summed E-state index contributed by atoms with van der Waals surface area (Å²) in [7, 11) is 1.47. The second kappa shape index (κ2) is 11.9. The lowest BCUT2D eigenvalue weighted by molar-refractivity contribution is 0.0468. The monoisotopic (exact) mass is 670 g/mol. The van der Waals surface area contributed by atoms with E-state index in [1.54, 1.807) is 47.3 Å². The van der Waals surface area contributed by atoms with Crippen molar-refractivity contribution < 1.29 is 55.3 Å². The number of esters is 2. The average Bonchev–Trinajstić information content (AvgIpc) is 3.79. The minimum Gasteiger partial charge on any atom is -0.493 e. The largest absolute Gasteiger partial charge is 0.493 e. The first-order chi connectivity index (χ1) is 19.5. The molecule has 6 rings (SSSR count). The van der Waals surface area contributed by atoms with Crippen molar-refractivity contribution in [1.29, 1.82) is 0 Å². The van der Waals surface area contributed by atoms with Crippen LogP contribution >= 0.6 is 23.0 Å². The molecular formula is C27H27IO12. The van der Waals surface area contributed by atoms with Crippen LogP contribution in [0.25, 0.3) is 11.1 Å². The fourth-order valence-corrected chi connectivity index (χ4v) is 4.19. The Balaban J connectivity index is 1.43. The summed E-state index contributed by atoms with van der Waals surface area (Å²) in [5.74, 6) is 0.112. The van der Waals surface area contributed by atoms with Crippen molar-refractivity contribution in [2.75, 3.05) is 60.0 Å². The lowest BCUT2D eigenvalue weighted by Crippen LogP contribution is -2.13. The Labute approximate surface area is 243 Å². The first-order valence-electron chi connectivity index (χ1n) is 12.8. The summed E-state index contributed by atoms with van der Waals surface area (Å²) in [6, 6.07) is 6.31. The highest BCUT2D eigenvalue weighted by atomic mass is 127. The van der Waals surface area contributed by atoms with Gasteiger partial charge < -0.3 is 45.7 Å². The molecule has 0 aromatic heterocycles. The van der Waals surface area contributed by atoms with Gasteiger partial charge in [0.15, 0.2) is 46.0 Å². The molecule has 0 amide bonds. The van der Waals surface area contributed by atoms with E-state index in [-0.39, 0.29) is 67.7 Å². The molecule has 4 saturated heterocycles. The fourth-order valence-electron chi connectivity index (χ4n) is 3.86. The van der Waals surface area contributed by atoms with Gasteiger partial charge >= 0.3 is 11.9 Å². The van der Waals surface area contributed by atoms with Crippen LogP contribution in [0.5, 0.6) is 23.0 Å². The zero-order chi connectivity index (χ0) is 27.6. The van der Waals surface area contributed by atoms with E-state index < -0.39 is 11.9 Å². The minimum absolute atomic E-state index is 0.0531. The zero-order valence-corrected chi connectivity index (χ0v) is 23.7. The molecule has 2 aromatic carbocycles. The number of rotatable bonds is 15. The summed E-state index contributed by atoms with van der Waals surface area (Å²) in [5.41, 5.74) is 1.28. The van der Waals surface area contributed by atoms with Gasteiger partial charge in [-0.2, -0.15) is 0 Å². The van der Waals surface area contributed by atoms with Crippen LogP contribution in [0.4, 0.5) is 0 Å². The van der Waals surface area contributed by atoms with Crippen LogP contribution in [0.1, 0.15) is 20.7 Å². The SMILES string of the molecule is COc1cc(C(=O)OCC2CO2)cc(-c2cc(C(=O)OCC3CO3)cc(OI)c2OCC2CO2)c1OCC1CO1. The van der Waals surface area contributed by atoms with E-state index in [1.807, 2.05) is 0 Å². The molecule has 0 spiro atoms.